The summed E-state index contributed by atoms with van der Waals surface area (Å²) < 4.78 is 26.1. The number of carbonyl (C=O) groups is 1. The lowest BCUT2D eigenvalue weighted by atomic mass is 10.1. The normalized spacial score (nSPS) is 17.1. The van der Waals surface area contributed by atoms with Crippen LogP contribution in [0.1, 0.15) is 30.9 Å². The summed E-state index contributed by atoms with van der Waals surface area (Å²) in [5.74, 6) is -1.31. The number of hydrogen-bond acceptors (Lipinski definition) is 3. The van der Waals surface area contributed by atoms with Crippen LogP contribution in [0.15, 0.2) is 24.3 Å². The van der Waals surface area contributed by atoms with E-state index in [1.165, 1.54) is 11.2 Å². The quantitative estimate of drug-likeness (QED) is 0.868. The monoisotopic (exact) mass is 297 g/mol. The molecule has 20 heavy (non-hydrogen) atoms. The van der Waals surface area contributed by atoms with Crippen molar-refractivity contribution in [2.45, 2.75) is 44.5 Å². The van der Waals surface area contributed by atoms with Gasteiger partial charge in [-0.3, -0.25) is 4.79 Å². The molecule has 1 atom stereocenters. The summed E-state index contributed by atoms with van der Waals surface area (Å²) in [6.07, 6.45) is 1.61. The zero-order valence-corrected chi connectivity index (χ0v) is 12.4. The molecule has 0 saturated heterocycles. The van der Waals surface area contributed by atoms with Crippen molar-refractivity contribution in [3.63, 3.8) is 0 Å². The van der Waals surface area contributed by atoms with Crippen LogP contribution in [-0.2, 0) is 21.4 Å². The highest BCUT2D eigenvalue weighted by atomic mass is 32.2. The largest absolute Gasteiger partial charge is 0.480 e. The maximum absolute atomic E-state index is 12.4. The van der Waals surface area contributed by atoms with E-state index in [0.29, 0.717) is 0 Å². The minimum Gasteiger partial charge on any atom is -0.480 e. The van der Waals surface area contributed by atoms with Crippen LogP contribution in [0.2, 0.25) is 0 Å². The topological polar surface area (TPSA) is 74.7 Å². The van der Waals surface area contributed by atoms with Gasteiger partial charge in [-0.2, -0.15) is 4.31 Å². The van der Waals surface area contributed by atoms with Crippen molar-refractivity contribution < 1.29 is 18.3 Å². The Bertz CT molecular complexity index is 607. The van der Waals surface area contributed by atoms with Gasteiger partial charge in [0.2, 0.25) is 10.0 Å². The summed E-state index contributed by atoms with van der Waals surface area (Å²) in [5.41, 5.74) is 1.94. The first-order valence-electron chi connectivity index (χ1n) is 6.61. The first-order valence-corrected chi connectivity index (χ1v) is 8.11. The van der Waals surface area contributed by atoms with Crippen LogP contribution >= 0.6 is 0 Å². The SMILES string of the molecule is Cc1cccc(CN(C2CC2)S(=O)(=O)C(C)C(=O)O)c1. The second kappa shape index (κ2) is 5.54. The molecule has 5 nitrogen and oxygen atoms in total. The highest BCUT2D eigenvalue weighted by Gasteiger charge is 2.42. The van der Waals surface area contributed by atoms with E-state index in [2.05, 4.69) is 0 Å². The summed E-state index contributed by atoms with van der Waals surface area (Å²) in [6, 6.07) is 7.56. The third-order valence-corrected chi connectivity index (χ3v) is 5.67. The van der Waals surface area contributed by atoms with Crippen molar-refractivity contribution in [2.24, 2.45) is 0 Å². The number of rotatable bonds is 6. The molecule has 2 rings (SSSR count). The summed E-state index contributed by atoms with van der Waals surface area (Å²) >= 11 is 0. The zero-order valence-electron chi connectivity index (χ0n) is 11.6. The molecule has 1 aliphatic carbocycles. The number of aryl methyl sites for hydroxylation is 1. The van der Waals surface area contributed by atoms with Gasteiger partial charge in [0.15, 0.2) is 5.25 Å². The molecule has 0 amide bonds. The molecular formula is C14H19NO4S. The predicted molar refractivity (Wildman–Crippen MR) is 75.8 cm³/mol. The number of sulfonamides is 1. The Balaban J connectivity index is 2.26. The molecule has 0 aromatic heterocycles. The van der Waals surface area contributed by atoms with E-state index >= 15 is 0 Å². The fraction of sp³-hybridized carbons (Fsp3) is 0.500. The Hall–Kier alpha value is -1.40. The van der Waals surface area contributed by atoms with Crippen LogP contribution < -0.4 is 0 Å². The van der Waals surface area contributed by atoms with Crippen molar-refractivity contribution >= 4 is 16.0 Å². The van der Waals surface area contributed by atoms with Gasteiger partial charge in [-0.25, -0.2) is 8.42 Å². The summed E-state index contributed by atoms with van der Waals surface area (Å²) in [6.45, 7) is 3.41. The van der Waals surface area contributed by atoms with E-state index in [1.807, 2.05) is 31.2 Å². The van der Waals surface area contributed by atoms with Crippen LogP contribution in [0.5, 0.6) is 0 Å². The molecule has 1 aliphatic rings. The van der Waals surface area contributed by atoms with E-state index in [4.69, 9.17) is 5.11 Å². The minimum absolute atomic E-state index is 0.0534. The summed E-state index contributed by atoms with van der Waals surface area (Å²) in [7, 11) is -3.81. The van der Waals surface area contributed by atoms with Crippen LogP contribution in [0, 0.1) is 6.92 Å². The van der Waals surface area contributed by atoms with Gasteiger partial charge >= 0.3 is 5.97 Å². The highest BCUT2D eigenvalue weighted by molar-refractivity contribution is 7.90. The zero-order chi connectivity index (χ0) is 14.9. The first-order chi connectivity index (χ1) is 9.32. The van der Waals surface area contributed by atoms with Gasteiger partial charge in [-0.1, -0.05) is 29.8 Å². The number of carboxylic acid groups (broad SMARTS) is 1. The third kappa shape index (κ3) is 3.19. The fourth-order valence-corrected chi connectivity index (χ4v) is 3.73. The molecule has 6 heteroatoms. The number of benzene rings is 1. The van der Waals surface area contributed by atoms with E-state index < -0.39 is 21.2 Å². The smallest absolute Gasteiger partial charge is 0.323 e. The van der Waals surface area contributed by atoms with E-state index in [-0.39, 0.29) is 12.6 Å². The lowest BCUT2D eigenvalue weighted by Crippen LogP contribution is -2.42. The van der Waals surface area contributed by atoms with Gasteiger partial charge in [-0.05, 0) is 32.3 Å². The maximum atomic E-state index is 12.4. The molecule has 0 heterocycles. The second-order valence-corrected chi connectivity index (χ2v) is 7.50. The van der Waals surface area contributed by atoms with Gasteiger partial charge in [-0.15, -0.1) is 0 Å². The molecule has 0 radical (unpaired) electrons. The molecule has 1 N–H and O–H groups in total. The molecule has 0 aliphatic heterocycles. The second-order valence-electron chi connectivity index (χ2n) is 5.29. The van der Waals surface area contributed by atoms with Crippen molar-refractivity contribution in [2.75, 3.05) is 0 Å². The minimum atomic E-state index is -3.81. The lowest BCUT2D eigenvalue weighted by Gasteiger charge is -2.24. The highest BCUT2D eigenvalue weighted by Crippen LogP contribution is 2.32. The van der Waals surface area contributed by atoms with Crippen molar-refractivity contribution in [3.05, 3.63) is 35.4 Å². The lowest BCUT2D eigenvalue weighted by molar-refractivity contribution is -0.136. The van der Waals surface area contributed by atoms with E-state index in [0.717, 1.165) is 24.0 Å². The number of aliphatic carboxylic acids is 1. The third-order valence-electron chi connectivity index (χ3n) is 3.50. The molecule has 1 aromatic rings. The van der Waals surface area contributed by atoms with Crippen molar-refractivity contribution in [1.82, 2.24) is 4.31 Å². The van der Waals surface area contributed by atoms with Crippen LogP contribution in [0.3, 0.4) is 0 Å². The molecule has 0 spiro atoms. The number of nitrogens with zero attached hydrogens (tertiary/aromatic N) is 1. The van der Waals surface area contributed by atoms with Gasteiger partial charge in [0.05, 0.1) is 0 Å². The molecule has 1 saturated carbocycles. The molecule has 1 fully saturated rings. The van der Waals surface area contributed by atoms with E-state index in [9.17, 15) is 13.2 Å². The van der Waals surface area contributed by atoms with Gasteiger partial charge in [0.25, 0.3) is 0 Å². The standard InChI is InChI=1S/C14H19NO4S/c1-10-4-3-5-12(8-10)9-15(13-6-7-13)20(18,19)11(2)14(16)17/h3-5,8,11,13H,6-7,9H2,1-2H3,(H,16,17). The van der Waals surface area contributed by atoms with Crippen LogP contribution in [0.4, 0.5) is 0 Å². The van der Waals surface area contributed by atoms with Gasteiger partial charge in [0, 0.05) is 12.6 Å². The Kier molecular flexibility index (Phi) is 4.15. The predicted octanol–water partition coefficient (Wildman–Crippen LogP) is 1.76. The van der Waals surface area contributed by atoms with Gasteiger partial charge in [0.1, 0.15) is 0 Å². The van der Waals surface area contributed by atoms with Gasteiger partial charge < -0.3 is 5.11 Å². The molecule has 1 unspecified atom stereocenters. The number of hydrogen-bond donors (Lipinski definition) is 1. The Morgan fingerprint density at radius 2 is 2.10 bits per heavy atom. The Morgan fingerprint density at radius 3 is 2.60 bits per heavy atom. The summed E-state index contributed by atoms with van der Waals surface area (Å²) in [4.78, 5) is 11.0. The van der Waals surface area contributed by atoms with Crippen LogP contribution in [-0.4, -0.2) is 35.1 Å². The Morgan fingerprint density at radius 1 is 1.45 bits per heavy atom. The van der Waals surface area contributed by atoms with Crippen molar-refractivity contribution in [3.8, 4) is 0 Å². The fourth-order valence-electron chi connectivity index (χ4n) is 2.11. The average molecular weight is 297 g/mol. The first kappa shape index (κ1) is 15.0. The summed E-state index contributed by atoms with van der Waals surface area (Å²) in [5, 5.41) is 7.56. The average Bonchev–Trinajstić information content (AvgIpc) is 3.19. The molecule has 110 valence electrons. The number of carboxylic acids is 1. The Labute approximate surface area is 119 Å². The molecule has 1 aromatic carbocycles. The van der Waals surface area contributed by atoms with Crippen LogP contribution in [0.25, 0.3) is 0 Å². The van der Waals surface area contributed by atoms with Crippen molar-refractivity contribution in [1.29, 1.82) is 0 Å². The maximum Gasteiger partial charge on any atom is 0.323 e. The van der Waals surface area contributed by atoms with E-state index in [1.54, 1.807) is 0 Å². The molecule has 0 bridgehead atoms. The molecular weight excluding hydrogens is 278 g/mol.